The van der Waals surface area contributed by atoms with Gasteiger partial charge in [-0.15, -0.1) is 0 Å². The fraction of sp³-hybridized carbons (Fsp3) is 0.444. The van der Waals surface area contributed by atoms with Crippen LogP contribution >= 0.6 is 0 Å². The highest BCUT2D eigenvalue weighted by Crippen LogP contribution is 2.44. The van der Waals surface area contributed by atoms with Crippen molar-refractivity contribution in [1.29, 1.82) is 0 Å². The minimum Gasteiger partial charge on any atom is -0.480 e. The molecule has 0 bridgehead atoms. The summed E-state index contributed by atoms with van der Waals surface area (Å²) in [6.07, 6.45) is 1.20. The molecule has 34 heavy (non-hydrogen) atoms. The average Bonchev–Trinajstić information content (AvgIpc) is 3.10. The Morgan fingerprint density at radius 1 is 1.03 bits per heavy atom. The Labute approximate surface area is 200 Å². The molecule has 180 valence electrons. The summed E-state index contributed by atoms with van der Waals surface area (Å²) in [6, 6.07) is 16.4. The van der Waals surface area contributed by atoms with Crippen molar-refractivity contribution in [2.75, 3.05) is 13.2 Å². The van der Waals surface area contributed by atoms with E-state index in [2.05, 4.69) is 29.6 Å². The lowest BCUT2D eigenvalue weighted by atomic mass is 9.78. The van der Waals surface area contributed by atoms with Crippen LogP contribution in [0.3, 0.4) is 0 Å². The number of amides is 2. The van der Waals surface area contributed by atoms with Gasteiger partial charge in [-0.1, -0.05) is 48.5 Å². The van der Waals surface area contributed by atoms with Crippen molar-refractivity contribution in [2.45, 2.75) is 57.5 Å². The van der Waals surface area contributed by atoms with Crippen LogP contribution in [0.5, 0.6) is 0 Å². The highest BCUT2D eigenvalue weighted by molar-refractivity contribution is 5.86. The van der Waals surface area contributed by atoms with E-state index in [0.29, 0.717) is 19.4 Å². The summed E-state index contributed by atoms with van der Waals surface area (Å²) >= 11 is 0. The first kappa shape index (κ1) is 23.8. The second-order valence-corrected chi connectivity index (χ2v) is 9.71. The molecule has 1 fully saturated rings. The number of fused-ring (bicyclic) bond motifs is 3. The molecule has 0 aliphatic heterocycles. The number of rotatable bonds is 8. The molecular weight excluding hydrogens is 432 g/mol. The van der Waals surface area contributed by atoms with E-state index in [4.69, 9.17) is 4.74 Å². The minimum absolute atomic E-state index is 0.0162. The third-order valence-corrected chi connectivity index (χ3v) is 7.18. The summed E-state index contributed by atoms with van der Waals surface area (Å²) in [7, 11) is 0. The number of nitrogens with zero attached hydrogens (tertiary/aromatic N) is 1. The summed E-state index contributed by atoms with van der Waals surface area (Å²) in [5.74, 6) is -1.04. The number of carbonyl (C=O) groups excluding carboxylic acids is 2. The van der Waals surface area contributed by atoms with Crippen LogP contribution in [-0.4, -0.2) is 52.7 Å². The van der Waals surface area contributed by atoms with E-state index in [0.717, 1.165) is 0 Å². The number of nitrogens with one attached hydrogen (secondary N) is 1. The number of likely N-dealkylation sites (N-methyl/N-ethyl adjacent to an activating group) is 1. The molecule has 4 rings (SSSR count). The third-order valence-electron chi connectivity index (χ3n) is 7.18. The van der Waals surface area contributed by atoms with Crippen molar-refractivity contribution in [3.05, 3.63) is 59.7 Å². The third kappa shape index (κ3) is 4.52. The van der Waals surface area contributed by atoms with Gasteiger partial charge in [0, 0.05) is 24.9 Å². The molecule has 0 radical (unpaired) electrons. The molecule has 2 N–H and O–H groups in total. The number of hydrogen-bond donors (Lipinski definition) is 2. The monoisotopic (exact) mass is 464 g/mol. The standard InChI is InChI=1S/C27H32N2O5/c1-4-29(27(2,3)25(31)32)24(30)15-17-13-18(14-17)28-26(33)34-16-23-21-11-7-5-9-19(21)20-10-6-8-12-22(20)23/h5-12,17-18,23H,4,13-16H2,1-3H3,(H,28,33)(H,31,32). The van der Waals surface area contributed by atoms with E-state index in [1.54, 1.807) is 20.8 Å². The van der Waals surface area contributed by atoms with Crippen LogP contribution in [0.1, 0.15) is 57.1 Å². The van der Waals surface area contributed by atoms with E-state index in [1.165, 1.54) is 27.2 Å². The summed E-state index contributed by atoms with van der Waals surface area (Å²) in [5, 5.41) is 12.3. The second-order valence-electron chi connectivity index (χ2n) is 9.71. The van der Waals surface area contributed by atoms with Crippen LogP contribution in [0.25, 0.3) is 11.1 Å². The zero-order chi connectivity index (χ0) is 24.5. The van der Waals surface area contributed by atoms with Crippen LogP contribution < -0.4 is 5.32 Å². The molecule has 0 spiro atoms. The van der Waals surface area contributed by atoms with Gasteiger partial charge in [0.1, 0.15) is 12.1 Å². The molecule has 0 saturated heterocycles. The number of alkyl carbamates (subject to hydrolysis) is 1. The Kier molecular flexibility index (Phi) is 6.64. The lowest BCUT2D eigenvalue weighted by molar-refractivity contribution is -0.157. The Balaban J connectivity index is 1.25. The molecule has 1 saturated carbocycles. The van der Waals surface area contributed by atoms with Crippen LogP contribution in [0.4, 0.5) is 4.79 Å². The fourth-order valence-electron chi connectivity index (χ4n) is 5.18. The quantitative estimate of drug-likeness (QED) is 0.604. The summed E-state index contributed by atoms with van der Waals surface area (Å²) in [6.45, 7) is 5.47. The molecule has 0 aromatic heterocycles. The van der Waals surface area contributed by atoms with Gasteiger partial charge in [0.25, 0.3) is 0 Å². The molecule has 2 aromatic rings. The van der Waals surface area contributed by atoms with Crippen LogP contribution in [0, 0.1) is 5.92 Å². The van der Waals surface area contributed by atoms with Gasteiger partial charge in [-0.3, -0.25) is 4.79 Å². The lowest BCUT2D eigenvalue weighted by Gasteiger charge is -2.39. The summed E-state index contributed by atoms with van der Waals surface area (Å²) < 4.78 is 5.60. The minimum atomic E-state index is -1.24. The predicted octanol–water partition coefficient (Wildman–Crippen LogP) is 4.41. The number of benzene rings is 2. The molecule has 7 nitrogen and oxygen atoms in total. The van der Waals surface area contributed by atoms with Gasteiger partial charge in [0.2, 0.25) is 5.91 Å². The number of hydrogen-bond acceptors (Lipinski definition) is 4. The molecule has 0 unspecified atom stereocenters. The fourth-order valence-corrected chi connectivity index (χ4v) is 5.18. The number of ether oxygens (including phenoxy) is 1. The van der Waals surface area contributed by atoms with Crippen LogP contribution in [0.15, 0.2) is 48.5 Å². The molecular formula is C27H32N2O5. The zero-order valence-corrected chi connectivity index (χ0v) is 19.9. The SMILES string of the molecule is CCN(C(=O)CC1CC(NC(=O)OCC2c3ccccc3-c3ccccc32)C1)C(C)(C)C(=O)O. The maximum Gasteiger partial charge on any atom is 0.407 e. The number of carbonyl (C=O) groups is 3. The Bertz CT molecular complexity index is 1040. The normalized spacial score (nSPS) is 18.9. The average molecular weight is 465 g/mol. The maximum absolute atomic E-state index is 12.7. The number of carboxylic acid groups (broad SMARTS) is 1. The van der Waals surface area contributed by atoms with E-state index >= 15 is 0 Å². The predicted molar refractivity (Wildman–Crippen MR) is 128 cm³/mol. The molecule has 2 amide bonds. The number of carboxylic acids is 1. The molecule has 2 aromatic carbocycles. The highest BCUT2D eigenvalue weighted by atomic mass is 16.5. The number of aliphatic carboxylic acids is 1. The molecule has 0 atom stereocenters. The topological polar surface area (TPSA) is 95.9 Å². The van der Waals surface area contributed by atoms with Crippen LogP contribution in [-0.2, 0) is 14.3 Å². The maximum atomic E-state index is 12.7. The van der Waals surface area contributed by atoms with Gasteiger partial charge in [-0.05, 0) is 61.8 Å². The van der Waals surface area contributed by atoms with Gasteiger partial charge < -0.3 is 20.1 Å². The van der Waals surface area contributed by atoms with Crippen molar-refractivity contribution >= 4 is 18.0 Å². The first-order valence-electron chi connectivity index (χ1n) is 11.9. The van der Waals surface area contributed by atoms with Gasteiger partial charge in [-0.2, -0.15) is 0 Å². The smallest absolute Gasteiger partial charge is 0.407 e. The van der Waals surface area contributed by atoms with Crippen molar-refractivity contribution in [3.8, 4) is 11.1 Å². The second kappa shape index (κ2) is 9.49. The molecule has 2 aliphatic rings. The van der Waals surface area contributed by atoms with Crippen molar-refractivity contribution < 1.29 is 24.2 Å². The first-order chi connectivity index (χ1) is 16.2. The van der Waals surface area contributed by atoms with E-state index in [-0.39, 0.29) is 36.8 Å². The molecule has 2 aliphatic carbocycles. The van der Waals surface area contributed by atoms with Crippen molar-refractivity contribution in [1.82, 2.24) is 10.2 Å². The Morgan fingerprint density at radius 3 is 2.12 bits per heavy atom. The Hall–Kier alpha value is -3.35. The van der Waals surface area contributed by atoms with E-state index in [9.17, 15) is 19.5 Å². The largest absolute Gasteiger partial charge is 0.480 e. The van der Waals surface area contributed by atoms with Crippen molar-refractivity contribution in [3.63, 3.8) is 0 Å². The van der Waals surface area contributed by atoms with E-state index < -0.39 is 17.6 Å². The highest BCUT2D eigenvalue weighted by Gasteiger charge is 2.39. The Morgan fingerprint density at radius 2 is 1.59 bits per heavy atom. The summed E-state index contributed by atoms with van der Waals surface area (Å²) in [4.78, 5) is 38.0. The first-order valence-corrected chi connectivity index (χ1v) is 11.9. The van der Waals surface area contributed by atoms with Gasteiger partial charge in [-0.25, -0.2) is 9.59 Å². The molecule has 0 heterocycles. The van der Waals surface area contributed by atoms with Crippen molar-refractivity contribution in [2.24, 2.45) is 5.92 Å². The van der Waals surface area contributed by atoms with Gasteiger partial charge >= 0.3 is 12.1 Å². The van der Waals surface area contributed by atoms with Crippen LogP contribution in [0.2, 0.25) is 0 Å². The van der Waals surface area contributed by atoms with Gasteiger partial charge in [0.05, 0.1) is 0 Å². The lowest BCUT2D eigenvalue weighted by Crippen LogP contribution is -2.54. The van der Waals surface area contributed by atoms with E-state index in [1.807, 2.05) is 24.3 Å². The summed E-state index contributed by atoms with van der Waals surface area (Å²) in [5.41, 5.74) is 3.47. The zero-order valence-electron chi connectivity index (χ0n) is 19.9. The van der Waals surface area contributed by atoms with Gasteiger partial charge in [0.15, 0.2) is 0 Å². The molecule has 7 heteroatoms.